The third kappa shape index (κ3) is 3.16. The minimum Gasteiger partial charge on any atom is -0.477 e. The number of nitrogens with zero attached hydrogens (tertiary/aromatic N) is 1. The summed E-state index contributed by atoms with van der Waals surface area (Å²) in [6.45, 7) is 7.56. The van der Waals surface area contributed by atoms with Crippen LogP contribution >= 0.6 is 11.3 Å². The highest BCUT2D eigenvalue weighted by atomic mass is 32.2. The molecule has 5 nitrogen and oxygen atoms in total. The first-order chi connectivity index (χ1) is 8.75. The van der Waals surface area contributed by atoms with E-state index in [0.717, 1.165) is 11.3 Å². The van der Waals surface area contributed by atoms with Crippen molar-refractivity contribution in [2.75, 3.05) is 6.54 Å². The maximum absolute atomic E-state index is 12.6. The molecule has 1 N–H and O–H groups in total. The van der Waals surface area contributed by atoms with Crippen LogP contribution in [0, 0.1) is 6.92 Å². The van der Waals surface area contributed by atoms with Crippen molar-refractivity contribution in [3.8, 4) is 0 Å². The smallest absolute Gasteiger partial charge is 0.345 e. The molecule has 1 unspecified atom stereocenters. The molecule has 0 aliphatic carbocycles. The molecule has 0 saturated carbocycles. The number of carboxylic acid groups (broad SMARTS) is 1. The number of rotatable bonds is 6. The average molecular weight is 305 g/mol. The first kappa shape index (κ1) is 16.1. The predicted octanol–water partition coefficient (Wildman–Crippen LogP) is 2.56. The molecule has 0 spiro atoms. The van der Waals surface area contributed by atoms with Crippen molar-refractivity contribution in [3.63, 3.8) is 0 Å². The topological polar surface area (TPSA) is 74.7 Å². The van der Waals surface area contributed by atoms with E-state index in [2.05, 4.69) is 0 Å². The van der Waals surface area contributed by atoms with Crippen LogP contribution < -0.4 is 0 Å². The number of thiophene rings is 1. The van der Waals surface area contributed by atoms with Crippen LogP contribution in [0.3, 0.4) is 0 Å². The van der Waals surface area contributed by atoms with Gasteiger partial charge < -0.3 is 5.11 Å². The maximum Gasteiger partial charge on any atom is 0.345 e. The largest absolute Gasteiger partial charge is 0.477 e. The normalized spacial score (nSPS) is 13.7. The second-order valence-electron chi connectivity index (χ2n) is 4.30. The van der Waals surface area contributed by atoms with E-state index < -0.39 is 16.0 Å². The number of hydrogen-bond acceptors (Lipinski definition) is 4. The molecule has 0 amide bonds. The number of sulfonamides is 1. The zero-order valence-electron chi connectivity index (χ0n) is 11.5. The van der Waals surface area contributed by atoms with Crippen LogP contribution in [0.25, 0.3) is 0 Å². The van der Waals surface area contributed by atoms with Gasteiger partial charge in [-0.05, 0) is 26.3 Å². The van der Waals surface area contributed by atoms with E-state index in [4.69, 9.17) is 5.11 Å². The molecule has 0 aliphatic heterocycles. The van der Waals surface area contributed by atoms with Gasteiger partial charge in [-0.3, -0.25) is 0 Å². The van der Waals surface area contributed by atoms with Crippen LogP contribution in [-0.2, 0) is 10.0 Å². The number of aryl methyl sites for hydroxylation is 1. The van der Waals surface area contributed by atoms with Gasteiger partial charge in [0.05, 0.1) is 4.90 Å². The lowest BCUT2D eigenvalue weighted by Crippen LogP contribution is -2.38. The van der Waals surface area contributed by atoms with Crippen LogP contribution in [0.1, 0.15) is 41.7 Å². The Labute approximate surface area is 117 Å². The third-order valence-electron chi connectivity index (χ3n) is 3.06. The maximum atomic E-state index is 12.6. The summed E-state index contributed by atoms with van der Waals surface area (Å²) in [6.07, 6.45) is 0.710. The fourth-order valence-electron chi connectivity index (χ4n) is 1.88. The standard InChI is InChI=1S/C12H19NO4S2/c1-5-8(3)13(6-2)19(16,17)11-7-10(12(14)15)18-9(11)4/h7-8H,5-6H2,1-4H3,(H,14,15). The first-order valence-electron chi connectivity index (χ1n) is 6.11. The Morgan fingerprint density at radius 1 is 1.47 bits per heavy atom. The SMILES string of the molecule is CCC(C)N(CC)S(=O)(=O)c1cc(C(=O)O)sc1C. The predicted molar refractivity (Wildman–Crippen MR) is 75.3 cm³/mol. The molecule has 0 aromatic carbocycles. The van der Waals surface area contributed by atoms with E-state index in [1.807, 2.05) is 13.8 Å². The lowest BCUT2D eigenvalue weighted by molar-refractivity contribution is 0.0702. The lowest BCUT2D eigenvalue weighted by Gasteiger charge is -2.26. The minimum atomic E-state index is -3.63. The van der Waals surface area contributed by atoms with Gasteiger partial charge in [0.15, 0.2) is 0 Å². The summed E-state index contributed by atoms with van der Waals surface area (Å²) in [5.41, 5.74) is 0. The number of carbonyl (C=O) groups is 1. The van der Waals surface area contributed by atoms with E-state index in [-0.39, 0.29) is 15.8 Å². The van der Waals surface area contributed by atoms with Gasteiger partial charge in [0, 0.05) is 17.5 Å². The monoisotopic (exact) mass is 305 g/mol. The van der Waals surface area contributed by atoms with Gasteiger partial charge in [-0.25, -0.2) is 13.2 Å². The molecule has 0 aliphatic rings. The lowest BCUT2D eigenvalue weighted by atomic mass is 10.3. The summed E-state index contributed by atoms with van der Waals surface area (Å²) in [5.74, 6) is -1.10. The molecule has 0 fully saturated rings. The van der Waals surface area contributed by atoms with Crippen molar-refractivity contribution in [2.24, 2.45) is 0 Å². The Morgan fingerprint density at radius 3 is 2.42 bits per heavy atom. The van der Waals surface area contributed by atoms with E-state index >= 15 is 0 Å². The molecule has 1 heterocycles. The Hall–Kier alpha value is -0.920. The van der Waals surface area contributed by atoms with Crippen LogP contribution in [0.4, 0.5) is 0 Å². The number of hydrogen-bond donors (Lipinski definition) is 1. The summed E-state index contributed by atoms with van der Waals surface area (Å²) in [6, 6.07) is 1.14. The molecular formula is C12H19NO4S2. The fourth-order valence-corrected chi connectivity index (χ4v) is 4.99. The molecule has 1 aromatic heterocycles. The number of aromatic carboxylic acids is 1. The second kappa shape index (κ2) is 6.02. The van der Waals surface area contributed by atoms with Crippen LogP contribution in [0.15, 0.2) is 11.0 Å². The molecule has 1 aromatic rings. The van der Waals surface area contributed by atoms with E-state index in [1.54, 1.807) is 13.8 Å². The van der Waals surface area contributed by atoms with Crippen molar-refractivity contribution in [1.82, 2.24) is 4.31 Å². The molecular weight excluding hydrogens is 286 g/mol. The van der Waals surface area contributed by atoms with Crippen molar-refractivity contribution < 1.29 is 18.3 Å². The second-order valence-corrected chi connectivity index (χ2v) is 7.42. The summed E-state index contributed by atoms with van der Waals surface area (Å²) >= 11 is 0.991. The van der Waals surface area contributed by atoms with Gasteiger partial charge in [0.1, 0.15) is 4.88 Å². The van der Waals surface area contributed by atoms with Crippen LogP contribution in [0.5, 0.6) is 0 Å². The summed E-state index contributed by atoms with van der Waals surface area (Å²) in [4.78, 5) is 11.6. The van der Waals surface area contributed by atoms with E-state index in [9.17, 15) is 13.2 Å². The van der Waals surface area contributed by atoms with Crippen molar-refractivity contribution >= 4 is 27.3 Å². The molecule has 0 saturated heterocycles. The molecule has 0 bridgehead atoms. The summed E-state index contributed by atoms with van der Waals surface area (Å²) < 4.78 is 26.5. The van der Waals surface area contributed by atoms with E-state index in [0.29, 0.717) is 17.8 Å². The Morgan fingerprint density at radius 2 is 2.05 bits per heavy atom. The quantitative estimate of drug-likeness (QED) is 0.876. The molecule has 108 valence electrons. The first-order valence-corrected chi connectivity index (χ1v) is 8.36. The van der Waals surface area contributed by atoms with Crippen LogP contribution in [-0.4, -0.2) is 36.4 Å². The Bertz CT molecular complexity index is 562. The van der Waals surface area contributed by atoms with Gasteiger partial charge in [0.25, 0.3) is 0 Å². The Kier molecular flexibility index (Phi) is 5.11. The molecule has 19 heavy (non-hydrogen) atoms. The van der Waals surface area contributed by atoms with Crippen LogP contribution in [0.2, 0.25) is 0 Å². The minimum absolute atomic E-state index is 0.0521. The zero-order chi connectivity index (χ0) is 14.8. The van der Waals surface area contributed by atoms with Gasteiger partial charge in [0.2, 0.25) is 10.0 Å². The van der Waals surface area contributed by atoms with Gasteiger partial charge in [-0.15, -0.1) is 11.3 Å². The Balaban J connectivity index is 3.30. The average Bonchev–Trinajstić information content (AvgIpc) is 2.72. The highest BCUT2D eigenvalue weighted by molar-refractivity contribution is 7.89. The van der Waals surface area contributed by atoms with Gasteiger partial charge in [-0.2, -0.15) is 4.31 Å². The van der Waals surface area contributed by atoms with E-state index in [1.165, 1.54) is 10.4 Å². The molecule has 0 radical (unpaired) electrons. The van der Waals surface area contributed by atoms with Crippen molar-refractivity contribution in [1.29, 1.82) is 0 Å². The van der Waals surface area contributed by atoms with Crippen molar-refractivity contribution in [3.05, 3.63) is 15.8 Å². The fraction of sp³-hybridized carbons (Fsp3) is 0.583. The highest BCUT2D eigenvalue weighted by Crippen LogP contribution is 2.29. The molecule has 1 rings (SSSR count). The molecule has 1 atom stereocenters. The number of carboxylic acids is 1. The van der Waals surface area contributed by atoms with Crippen molar-refractivity contribution in [2.45, 2.75) is 45.1 Å². The third-order valence-corrected chi connectivity index (χ3v) is 6.45. The highest BCUT2D eigenvalue weighted by Gasteiger charge is 2.30. The van der Waals surface area contributed by atoms with Gasteiger partial charge in [-0.1, -0.05) is 13.8 Å². The molecule has 7 heteroatoms. The summed E-state index contributed by atoms with van der Waals surface area (Å²) in [7, 11) is -3.63. The van der Waals surface area contributed by atoms with Gasteiger partial charge >= 0.3 is 5.97 Å². The summed E-state index contributed by atoms with van der Waals surface area (Å²) in [5, 5.41) is 8.94. The zero-order valence-corrected chi connectivity index (χ0v) is 13.1.